The topological polar surface area (TPSA) is 80.5 Å². The van der Waals surface area contributed by atoms with E-state index in [-0.39, 0.29) is 0 Å². The average molecular weight is 417 g/mol. The van der Waals surface area contributed by atoms with E-state index in [0.717, 1.165) is 33.0 Å². The summed E-state index contributed by atoms with van der Waals surface area (Å²) in [5.74, 6) is 1.95. The van der Waals surface area contributed by atoms with Gasteiger partial charge in [-0.25, -0.2) is 4.98 Å². The molecule has 3 aromatic carbocycles. The highest BCUT2D eigenvalue weighted by Crippen LogP contribution is 2.28. The Morgan fingerprint density at radius 1 is 0.867 bits per heavy atom. The van der Waals surface area contributed by atoms with Crippen molar-refractivity contribution in [2.24, 2.45) is 15.3 Å². The van der Waals surface area contributed by atoms with E-state index in [9.17, 15) is 0 Å². The molecule has 0 aliphatic heterocycles. The molecule has 7 nitrogen and oxygen atoms in total. The van der Waals surface area contributed by atoms with Gasteiger partial charge >= 0.3 is 0 Å². The summed E-state index contributed by atoms with van der Waals surface area (Å²) in [5.41, 5.74) is 5.51. The number of amidine groups is 1. The molecule has 0 radical (unpaired) electrons. The van der Waals surface area contributed by atoms with Crippen LogP contribution in [0.2, 0.25) is 0 Å². The van der Waals surface area contributed by atoms with Gasteiger partial charge in [0.2, 0.25) is 11.0 Å². The van der Waals surface area contributed by atoms with Crippen LogP contribution in [0, 0.1) is 0 Å². The summed E-state index contributed by atoms with van der Waals surface area (Å²) < 4.78 is 11.5. The van der Waals surface area contributed by atoms with E-state index in [1.165, 1.54) is 11.3 Å². The fraction of sp³-hybridized carbons (Fsp3) is 0.0909. The number of benzene rings is 3. The van der Waals surface area contributed by atoms with Gasteiger partial charge < -0.3 is 9.47 Å². The van der Waals surface area contributed by atoms with E-state index in [1.54, 1.807) is 14.2 Å². The smallest absolute Gasteiger partial charge is 0.231 e. The summed E-state index contributed by atoms with van der Waals surface area (Å²) in [6, 6.07) is 22.8. The number of hydrogen-bond donors (Lipinski definition) is 1. The van der Waals surface area contributed by atoms with Crippen molar-refractivity contribution in [1.82, 2.24) is 4.98 Å². The lowest BCUT2D eigenvalue weighted by Gasteiger charge is -2.05. The van der Waals surface area contributed by atoms with Crippen LogP contribution < -0.4 is 14.9 Å². The lowest BCUT2D eigenvalue weighted by molar-refractivity contribution is 0.414. The van der Waals surface area contributed by atoms with Gasteiger partial charge in [0.1, 0.15) is 11.5 Å². The highest BCUT2D eigenvalue weighted by atomic mass is 32.1. The molecule has 0 bridgehead atoms. The molecular formula is C22H19N5O2S. The molecule has 0 unspecified atom stereocenters. The monoisotopic (exact) mass is 417 g/mol. The minimum Gasteiger partial charge on any atom is -0.497 e. The summed E-state index contributed by atoms with van der Waals surface area (Å²) in [5, 5.41) is 13.7. The fourth-order valence-corrected chi connectivity index (χ4v) is 3.45. The summed E-state index contributed by atoms with van der Waals surface area (Å²) in [6.07, 6.45) is 0. The minimum atomic E-state index is 0.424. The molecule has 1 N–H and O–H groups in total. The van der Waals surface area contributed by atoms with Crippen LogP contribution in [0.4, 0.5) is 10.8 Å². The fourth-order valence-electron chi connectivity index (χ4n) is 2.66. The summed E-state index contributed by atoms with van der Waals surface area (Å²) >= 11 is 1.48. The number of methoxy groups -OCH3 is 2. The molecule has 4 aromatic rings. The Balaban J connectivity index is 1.62. The molecule has 0 atom stereocenters. The van der Waals surface area contributed by atoms with Crippen LogP contribution >= 0.6 is 11.3 Å². The zero-order valence-electron chi connectivity index (χ0n) is 16.4. The van der Waals surface area contributed by atoms with Gasteiger partial charge in [-0.15, -0.1) is 10.2 Å². The maximum Gasteiger partial charge on any atom is 0.231 e. The van der Waals surface area contributed by atoms with Crippen molar-refractivity contribution in [2.45, 2.75) is 0 Å². The number of azo groups is 1. The highest BCUT2D eigenvalue weighted by Gasteiger charge is 2.06. The van der Waals surface area contributed by atoms with Crippen LogP contribution in [0.5, 0.6) is 11.5 Å². The van der Waals surface area contributed by atoms with Crippen LogP contribution in [0.3, 0.4) is 0 Å². The predicted molar refractivity (Wildman–Crippen MR) is 120 cm³/mol. The maximum atomic E-state index is 5.23. The van der Waals surface area contributed by atoms with Gasteiger partial charge in [0.25, 0.3) is 0 Å². The normalized spacial score (nSPS) is 11.7. The van der Waals surface area contributed by atoms with E-state index in [2.05, 4.69) is 25.7 Å². The Morgan fingerprint density at radius 2 is 1.53 bits per heavy atom. The van der Waals surface area contributed by atoms with E-state index < -0.39 is 0 Å². The van der Waals surface area contributed by atoms with Crippen LogP contribution in [-0.4, -0.2) is 25.0 Å². The lowest BCUT2D eigenvalue weighted by Crippen LogP contribution is -2.01. The van der Waals surface area contributed by atoms with Crippen LogP contribution in [0.15, 0.2) is 88.1 Å². The van der Waals surface area contributed by atoms with E-state index in [4.69, 9.17) is 9.47 Å². The van der Waals surface area contributed by atoms with Gasteiger partial charge in [-0.1, -0.05) is 23.5 Å². The Kier molecular flexibility index (Phi) is 5.95. The van der Waals surface area contributed by atoms with Crippen molar-refractivity contribution >= 4 is 38.2 Å². The molecule has 1 heterocycles. The number of para-hydroxylation sites is 1. The molecule has 8 heteroatoms. The molecule has 0 aliphatic rings. The quantitative estimate of drug-likeness (QED) is 0.184. The SMILES string of the molecule is COc1ccc(N/N=C(/N=Nc2nc3ccccc3s2)c2ccc(OC)cc2)cc1. The summed E-state index contributed by atoms with van der Waals surface area (Å²) in [6.45, 7) is 0. The molecule has 30 heavy (non-hydrogen) atoms. The second-order valence-corrected chi connectivity index (χ2v) is 7.18. The molecular weight excluding hydrogens is 398 g/mol. The number of nitrogens with one attached hydrogen (secondary N) is 1. The minimum absolute atomic E-state index is 0.424. The third kappa shape index (κ3) is 4.61. The lowest BCUT2D eigenvalue weighted by atomic mass is 10.2. The molecule has 0 saturated carbocycles. The van der Waals surface area contributed by atoms with Crippen molar-refractivity contribution in [2.75, 3.05) is 19.6 Å². The number of thiazole rings is 1. The van der Waals surface area contributed by atoms with Gasteiger partial charge in [0.05, 0.1) is 30.1 Å². The van der Waals surface area contributed by atoms with Gasteiger partial charge in [-0.05, 0) is 60.7 Å². The number of hydrazone groups is 1. The zero-order valence-corrected chi connectivity index (χ0v) is 17.3. The zero-order chi connectivity index (χ0) is 20.8. The Labute approximate surface area is 177 Å². The average Bonchev–Trinajstić information content (AvgIpc) is 3.22. The molecule has 0 saturated heterocycles. The molecule has 0 amide bonds. The Hall–Kier alpha value is -3.78. The first-order valence-corrected chi connectivity index (χ1v) is 9.96. The van der Waals surface area contributed by atoms with Crippen LogP contribution in [-0.2, 0) is 0 Å². The number of nitrogens with zero attached hydrogens (tertiary/aromatic N) is 4. The standard InChI is InChI=1S/C22H19N5O2S/c1-28-17-11-7-15(8-12-17)21(25-24-16-9-13-18(29-2)14-10-16)26-27-22-23-19-5-3-4-6-20(19)30-22/h3-14,24H,1-2H3/b25-21+,27-26?. The largest absolute Gasteiger partial charge is 0.497 e. The Bertz CT molecular complexity index is 1150. The van der Waals surface area contributed by atoms with Crippen molar-refractivity contribution in [3.8, 4) is 11.5 Å². The van der Waals surface area contributed by atoms with Crippen LogP contribution in [0.25, 0.3) is 10.2 Å². The van der Waals surface area contributed by atoms with Crippen molar-refractivity contribution in [3.63, 3.8) is 0 Å². The first kappa shape index (κ1) is 19.5. The number of fused-ring (bicyclic) bond motifs is 1. The highest BCUT2D eigenvalue weighted by molar-refractivity contribution is 7.21. The van der Waals surface area contributed by atoms with Gasteiger partial charge in [0.15, 0.2) is 0 Å². The molecule has 0 spiro atoms. The Morgan fingerprint density at radius 3 is 2.20 bits per heavy atom. The van der Waals surface area contributed by atoms with Gasteiger partial charge in [-0.3, -0.25) is 5.43 Å². The number of rotatable bonds is 6. The first-order chi connectivity index (χ1) is 14.7. The molecule has 150 valence electrons. The second-order valence-electron chi connectivity index (χ2n) is 6.17. The number of anilines is 1. The maximum absolute atomic E-state index is 5.23. The molecule has 0 aliphatic carbocycles. The van der Waals surface area contributed by atoms with E-state index in [1.807, 2.05) is 72.8 Å². The first-order valence-electron chi connectivity index (χ1n) is 9.14. The number of aromatic nitrogens is 1. The number of hydrogen-bond acceptors (Lipinski definition) is 7. The second kappa shape index (κ2) is 9.15. The third-order valence-electron chi connectivity index (χ3n) is 4.24. The van der Waals surface area contributed by atoms with E-state index >= 15 is 0 Å². The number of ether oxygens (including phenoxy) is 2. The molecule has 0 fully saturated rings. The van der Waals surface area contributed by atoms with Crippen LogP contribution in [0.1, 0.15) is 5.56 Å². The summed E-state index contributed by atoms with van der Waals surface area (Å²) in [4.78, 5) is 4.49. The molecule has 4 rings (SSSR count). The van der Waals surface area contributed by atoms with Gasteiger partial charge in [0, 0.05) is 5.56 Å². The van der Waals surface area contributed by atoms with E-state index in [0.29, 0.717) is 11.0 Å². The molecule has 1 aromatic heterocycles. The van der Waals surface area contributed by atoms with Gasteiger partial charge in [-0.2, -0.15) is 5.10 Å². The van der Waals surface area contributed by atoms with Crippen molar-refractivity contribution in [3.05, 3.63) is 78.4 Å². The summed E-state index contributed by atoms with van der Waals surface area (Å²) in [7, 11) is 3.26. The van der Waals surface area contributed by atoms with Crippen molar-refractivity contribution in [1.29, 1.82) is 0 Å². The predicted octanol–water partition coefficient (Wildman–Crippen LogP) is 5.87. The van der Waals surface area contributed by atoms with Crippen molar-refractivity contribution < 1.29 is 9.47 Å². The third-order valence-corrected chi connectivity index (χ3v) is 5.16.